The van der Waals surface area contributed by atoms with Crippen LogP contribution in [0.5, 0.6) is 0 Å². The van der Waals surface area contributed by atoms with Gasteiger partial charge in [0.25, 0.3) is 0 Å². The number of carboxylic acids is 1. The van der Waals surface area contributed by atoms with Gasteiger partial charge in [-0.1, -0.05) is 48.5 Å². The van der Waals surface area contributed by atoms with Crippen molar-refractivity contribution in [1.29, 1.82) is 0 Å². The van der Waals surface area contributed by atoms with Crippen LogP contribution >= 0.6 is 0 Å². The highest BCUT2D eigenvalue weighted by atomic mass is 16.4. The fourth-order valence-electron chi connectivity index (χ4n) is 3.08. The van der Waals surface area contributed by atoms with E-state index in [-0.39, 0.29) is 0 Å². The largest absolute Gasteiger partial charge is 0.478 e. The smallest absolute Gasteiger partial charge is 0.336 e. The number of carboxylic acid groups (broad SMARTS) is 1. The molecule has 21 heavy (non-hydrogen) atoms. The van der Waals surface area contributed by atoms with Crippen molar-refractivity contribution in [1.82, 2.24) is 4.90 Å². The molecule has 2 aromatic rings. The van der Waals surface area contributed by atoms with E-state index in [4.69, 9.17) is 0 Å². The molecule has 1 heterocycles. The van der Waals surface area contributed by atoms with Gasteiger partial charge in [-0.15, -0.1) is 0 Å². The first-order valence-corrected chi connectivity index (χ1v) is 7.32. The van der Waals surface area contributed by atoms with Crippen molar-refractivity contribution >= 4 is 5.97 Å². The third kappa shape index (κ3) is 3.14. The summed E-state index contributed by atoms with van der Waals surface area (Å²) in [7, 11) is 0. The Morgan fingerprint density at radius 1 is 1.10 bits per heavy atom. The number of aromatic carboxylic acids is 1. The van der Waals surface area contributed by atoms with Gasteiger partial charge < -0.3 is 5.11 Å². The van der Waals surface area contributed by atoms with Gasteiger partial charge >= 0.3 is 5.97 Å². The van der Waals surface area contributed by atoms with Gasteiger partial charge in [0.15, 0.2) is 0 Å². The molecule has 0 aromatic heterocycles. The topological polar surface area (TPSA) is 40.5 Å². The highest BCUT2D eigenvalue weighted by Gasteiger charge is 2.24. The van der Waals surface area contributed by atoms with Crippen molar-refractivity contribution in [2.45, 2.75) is 18.9 Å². The molecule has 2 aromatic carbocycles. The van der Waals surface area contributed by atoms with Gasteiger partial charge in [0.05, 0.1) is 5.56 Å². The van der Waals surface area contributed by atoms with Crippen LogP contribution in [0.2, 0.25) is 0 Å². The maximum atomic E-state index is 11.3. The molecule has 0 spiro atoms. The molecular formula is C18H19NO2. The Morgan fingerprint density at radius 3 is 2.57 bits per heavy atom. The highest BCUT2D eigenvalue weighted by molar-refractivity contribution is 5.89. The Balaban J connectivity index is 1.69. The normalized spacial score (nSPS) is 18.8. The summed E-state index contributed by atoms with van der Waals surface area (Å²) in [6, 6.07) is 17.9. The van der Waals surface area contributed by atoms with Crippen LogP contribution in [0.25, 0.3) is 0 Å². The monoisotopic (exact) mass is 281 g/mol. The third-order valence-electron chi connectivity index (χ3n) is 4.19. The SMILES string of the molecule is O=C(O)c1ccccc1CN1CCC(c2ccccc2)C1. The van der Waals surface area contributed by atoms with Crippen molar-refractivity contribution in [3.8, 4) is 0 Å². The fourth-order valence-corrected chi connectivity index (χ4v) is 3.08. The zero-order chi connectivity index (χ0) is 14.7. The molecule has 1 unspecified atom stereocenters. The number of likely N-dealkylation sites (tertiary alicyclic amines) is 1. The molecule has 1 aliphatic rings. The molecule has 1 saturated heterocycles. The third-order valence-corrected chi connectivity index (χ3v) is 4.19. The number of carbonyl (C=O) groups is 1. The van der Waals surface area contributed by atoms with Gasteiger partial charge in [0.2, 0.25) is 0 Å². The Labute approximate surface area is 124 Å². The average Bonchev–Trinajstić information content (AvgIpc) is 2.97. The second-order valence-electron chi connectivity index (χ2n) is 5.59. The van der Waals surface area contributed by atoms with E-state index in [9.17, 15) is 9.90 Å². The van der Waals surface area contributed by atoms with Crippen molar-refractivity contribution in [3.63, 3.8) is 0 Å². The number of nitrogens with zero attached hydrogens (tertiary/aromatic N) is 1. The predicted molar refractivity (Wildman–Crippen MR) is 82.5 cm³/mol. The molecule has 108 valence electrons. The van der Waals surface area contributed by atoms with Crippen molar-refractivity contribution in [2.75, 3.05) is 13.1 Å². The van der Waals surface area contributed by atoms with E-state index < -0.39 is 5.97 Å². The minimum atomic E-state index is -0.843. The minimum absolute atomic E-state index is 0.417. The molecular weight excluding hydrogens is 262 g/mol. The zero-order valence-corrected chi connectivity index (χ0v) is 11.9. The molecule has 0 amide bonds. The van der Waals surface area contributed by atoms with Crippen LogP contribution in [0.3, 0.4) is 0 Å². The van der Waals surface area contributed by atoms with Gasteiger partial charge in [-0.3, -0.25) is 4.90 Å². The summed E-state index contributed by atoms with van der Waals surface area (Å²) in [4.78, 5) is 13.6. The summed E-state index contributed by atoms with van der Waals surface area (Å²) in [5.74, 6) is -0.285. The van der Waals surface area contributed by atoms with E-state index in [1.807, 2.05) is 18.2 Å². The number of benzene rings is 2. The van der Waals surface area contributed by atoms with E-state index in [1.54, 1.807) is 12.1 Å². The number of hydrogen-bond acceptors (Lipinski definition) is 2. The Kier molecular flexibility index (Phi) is 4.02. The first-order valence-electron chi connectivity index (χ1n) is 7.32. The molecule has 0 aliphatic carbocycles. The summed E-state index contributed by atoms with van der Waals surface area (Å²) in [5, 5.41) is 9.25. The van der Waals surface area contributed by atoms with E-state index in [1.165, 1.54) is 5.56 Å². The standard InChI is InChI=1S/C18H19NO2/c20-18(21)17-9-5-4-8-16(17)13-19-11-10-15(12-19)14-6-2-1-3-7-14/h1-9,15H,10-13H2,(H,20,21). The maximum absolute atomic E-state index is 11.3. The summed E-state index contributed by atoms with van der Waals surface area (Å²) in [6.45, 7) is 2.73. The van der Waals surface area contributed by atoms with Gasteiger partial charge in [-0.2, -0.15) is 0 Å². The maximum Gasteiger partial charge on any atom is 0.336 e. The molecule has 1 aliphatic heterocycles. The van der Waals surface area contributed by atoms with Crippen LogP contribution in [-0.4, -0.2) is 29.1 Å². The Hall–Kier alpha value is -2.13. The molecule has 3 rings (SSSR count). The van der Waals surface area contributed by atoms with E-state index >= 15 is 0 Å². The van der Waals surface area contributed by atoms with Crippen molar-refractivity contribution < 1.29 is 9.90 Å². The molecule has 0 radical (unpaired) electrons. The Morgan fingerprint density at radius 2 is 1.81 bits per heavy atom. The average molecular weight is 281 g/mol. The van der Waals surface area contributed by atoms with Crippen molar-refractivity contribution in [3.05, 3.63) is 71.3 Å². The molecule has 0 bridgehead atoms. The molecule has 1 fully saturated rings. The lowest BCUT2D eigenvalue weighted by atomic mass is 9.99. The molecule has 1 N–H and O–H groups in total. The van der Waals surface area contributed by atoms with Crippen LogP contribution in [0, 0.1) is 0 Å². The molecule has 3 heteroatoms. The lowest BCUT2D eigenvalue weighted by Gasteiger charge is -2.17. The second-order valence-corrected chi connectivity index (χ2v) is 5.59. The van der Waals surface area contributed by atoms with E-state index in [0.29, 0.717) is 18.0 Å². The summed E-state index contributed by atoms with van der Waals surface area (Å²) >= 11 is 0. The first kappa shape index (κ1) is 13.8. The van der Waals surface area contributed by atoms with Gasteiger partial charge in [-0.05, 0) is 36.1 Å². The summed E-state index contributed by atoms with van der Waals surface area (Å²) in [5.41, 5.74) is 2.70. The lowest BCUT2D eigenvalue weighted by molar-refractivity contribution is 0.0694. The quantitative estimate of drug-likeness (QED) is 0.934. The predicted octanol–water partition coefficient (Wildman–Crippen LogP) is 3.37. The van der Waals surface area contributed by atoms with Gasteiger partial charge in [0, 0.05) is 13.1 Å². The van der Waals surface area contributed by atoms with Crippen LogP contribution < -0.4 is 0 Å². The first-order chi connectivity index (χ1) is 10.2. The Bertz CT molecular complexity index is 624. The van der Waals surface area contributed by atoms with Crippen LogP contribution in [0.15, 0.2) is 54.6 Å². The lowest BCUT2D eigenvalue weighted by Crippen LogP contribution is -2.21. The summed E-state index contributed by atoms with van der Waals surface area (Å²) in [6.07, 6.45) is 1.14. The molecule has 1 atom stereocenters. The second kappa shape index (κ2) is 6.10. The minimum Gasteiger partial charge on any atom is -0.478 e. The van der Waals surface area contributed by atoms with Crippen molar-refractivity contribution in [2.24, 2.45) is 0 Å². The highest BCUT2D eigenvalue weighted by Crippen LogP contribution is 2.28. The van der Waals surface area contributed by atoms with E-state index in [0.717, 1.165) is 25.1 Å². The van der Waals surface area contributed by atoms with Crippen LogP contribution in [0.4, 0.5) is 0 Å². The zero-order valence-electron chi connectivity index (χ0n) is 11.9. The number of hydrogen-bond donors (Lipinski definition) is 1. The number of rotatable bonds is 4. The molecule has 0 saturated carbocycles. The van der Waals surface area contributed by atoms with Crippen LogP contribution in [-0.2, 0) is 6.54 Å². The van der Waals surface area contributed by atoms with Gasteiger partial charge in [-0.25, -0.2) is 4.79 Å². The van der Waals surface area contributed by atoms with Gasteiger partial charge in [0.1, 0.15) is 0 Å². The van der Waals surface area contributed by atoms with E-state index in [2.05, 4.69) is 29.2 Å². The molecule has 3 nitrogen and oxygen atoms in total. The fraction of sp³-hybridized carbons (Fsp3) is 0.278. The van der Waals surface area contributed by atoms with Crippen LogP contribution in [0.1, 0.15) is 33.8 Å². The summed E-state index contributed by atoms with van der Waals surface area (Å²) < 4.78 is 0.